The number of aromatic nitrogens is 3. The van der Waals surface area contributed by atoms with Gasteiger partial charge in [-0.15, -0.1) is 0 Å². The Hall–Kier alpha value is -2.19. The Bertz CT molecular complexity index is 693. The van der Waals surface area contributed by atoms with E-state index in [2.05, 4.69) is 31.3 Å². The van der Waals surface area contributed by atoms with Gasteiger partial charge < -0.3 is 15.0 Å². The zero-order valence-corrected chi connectivity index (χ0v) is 14.2. The number of anilines is 1. The van der Waals surface area contributed by atoms with E-state index in [0.717, 1.165) is 43.2 Å². The molecule has 0 saturated carbocycles. The lowest BCUT2D eigenvalue weighted by Gasteiger charge is -2.35. The molecule has 2 aromatic heterocycles. The second-order valence-corrected chi connectivity index (χ2v) is 5.97. The highest BCUT2D eigenvalue weighted by Gasteiger charge is 2.21. The number of nitrogens with zero attached hydrogens (tertiary/aromatic N) is 5. The van der Waals surface area contributed by atoms with E-state index >= 15 is 0 Å². The van der Waals surface area contributed by atoms with Crippen molar-refractivity contribution in [1.29, 1.82) is 0 Å². The average molecular weight is 332 g/mol. The summed E-state index contributed by atoms with van der Waals surface area (Å²) in [7, 11) is 1.63. The van der Waals surface area contributed by atoms with E-state index in [1.54, 1.807) is 13.3 Å². The molecule has 8 heteroatoms. The highest BCUT2D eigenvalue weighted by atomic mass is 16.5. The van der Waals surface area contributed by atoms with E-state index in [-0.39, 0.29) is 5.91 Å². The lowest BCUT2D eigenvalue weighted by Crippen LogP contribution is -2.50. The second kappa shape index (κ2) is 7.59. The van der Waals surface area contributed by atoms with Gasteiger partial charge in [0.05, 0.1) is 18.8 Å². The van der Waals surface area contributed by atoms with Crippen LogP contribution in [0.25, 0.3) is 5.52 Å². The number of nitrogens with one attached hydrogen (secondary N) is 1. The van der Waals surface area contributed by atoms with Gasteiger partial charge in [-0.25, -0.2) is 9.50 Å². The van der Waals surface area contributed by atoms with Crippen LogP contribution in [0.4, 0.5) is 5.82 Å². The number of rotatable bonds is 6. The van der Waals surface area contributed by atoms with E-state index in [4.69, 9.17) is 4.74 Å². The van der Waals surface area contributed by atoms with Crippen molar-refractivity contribution in [2.75, 3.05) is 57.9 Å². The van der Waals surface area contributed by atoms with E-state index < -0.39 is 0 Å². The normalized spacial score (nSPS) is 15.8. The van der Waals surface area contributed by atoms with Gasteiger partial charge >= 0.3 is 0 Å². The van der Waals surface area contributed by atoms with Gasteiger partial charge in [0.2, 0.25) is 5.91 Å². The average Bonchev–Trinajstić information content (AvgIpc) is 2.96. The van der Waals surface area contributed by atoms with Crippen LogP contribution in [0.15, 0.2) is 18.5 Å². The topological polar surface area (TPSA) is 75.0 Å². The first-order valence-corrected chi connectivity index (χ1v) is 8.21. The maximum Gasteiger partial charge on any atom is 0.234 e. The maximum atomic E-state index is 11.9. The summed E-state index contributed by atoms with van der Waals surface area (Å²) in [5.41, 5.74) is 2.01. The molecule has 1 saturated heterocycles. The largest absolute Gasteiger partial charge is 0.383 e. The minimum atomic E-state index is 0.0483. The van der Waals surface area contributed by atoms with Crippen molar-refractivity contribution >= 4 is 17.2 Å². The van der Waals surface area contributed by atoms with Gasteiger partial charge in [-0.2, -0.15) is 5.10 Å². The molecule has 1 aliphatic rings. The molecule has 0 aliphatic carbocycles. The molecule has 0 radical (unpaired) electrons. The number of ether oxygens (including phenoxy) is 1. The first-order valence-electron chi connectivity index (χ1n) is 8.21. The smallest absolute Gasteiger partial charge is 0.234 e. The number of aryl methyl sites for hydroxylation is 1. The number of carbonyl (C=O) groups is 1. The van der Waals surface area contributed by atoms with Crippen LogP contribution in [0, 0.1) is 6.92 Å². The summed E-state index contributed by atoms with van der Waals surface area (Å²) in [6.45, 7) is 6.89. The summed E-state index contributed by atoms with van der Waals surface area (Å²) < 4.78 is 6.80. The number of methoxy groups -OCH3 is 1. The van der Waals surface area contributed by atoms with E-state index in [0.29, 0.717) is 19.7 Å². The maximum absolute atomic E-state index is 11.9. The highest BCUT2D eigenvalue weighted by Crippen LogP contribution is 2.20. The van der Waals surface area contributed by atoms with Crippen molar-refractivity contribution in [2.24, 2.45) is 0 Å². The van der Waals surface area contributed by atoms with Crippen LogP contribution in [0.1, 0.15) is 5.69 Å². The molecule has 0 atom stereocenters. The zero-order valence-electron chi connectivity index (χ0n) is 14.2. The fraction of sp³-hybridized carbons (Fsp3) is 0.562. The standard InChI is InChI=1S/C16H24N6O2/c1-13-11-14-16(18-3-5-22(14)19-13)21-8-6-20(7-9-21)12-15(23)17-4-10-24-2/h3,5,11H,4,6-10,12H2,1-2H3,(H,17,23). The monoisotopic (exact) mass is 332 g/mol. The Morgan fingerprint density at radius 3 is 2.88 bits per heavy atom. The fourth-order valence-corrected chi connectivity index (χ4v) is 2.94. The van der Waals surface area contributed by atoms with Gasteiger partial charge in [-0.3, -0.25) is 9.69 Å². The Labute approximate surface area is 141 Å². The Morgan fingerprint density at radius 1 is 1.33 bits per heavy atom. The molecule has 130 valence electrons. The number of carbonyl (C=O) groups excluding carboxylic acids is 1. The van der Waals surface area contributed by atoms with E-state index in [1.807, 2.05) is 17.6 Å². The first kappa shape index (κ1) is 16.7. The van der Waals surface area contributed by atoms with Gasteiger partial charge in [-0.1, -0.05) is 0 Å². The number of hydrogen-bond donors (Lipinski definition) is 1. The third-order valence-corrected chi connectivity index (χ3v) is 4.16. The third kappa shape index (κ3) is 3.82. The Balaban J connectivity index is 1.56. The van der Waals surface area contributed by atoms with E-state index in [1.165, 1.54) is 0 Å². The molecule has 0 bridgehead atoms. The number of amides is 1. The molecule has 2 aromatic rings. The van der Waals surface area contributed by atoms with Gasteiger partial charge in [0.15, 0.2) is 5.82 Å². The summed E-state index contributed by atoms with van der Waals surface area (Å²) in [5.74, 6) is 1.01. The first-order chi connectivity index (χ1) is 11.7. The quantitative estimate of drug-likeness (QED) is 0.746. The van der Waals surface area contributed by atoms with Crippen LogP contribution in [-0.4, -0.2) is 78.4 Å². The van der Waals surface area contributed by atoms with Crippen molar-refractivity contribution in [3.05, 3.63) is 24.2 Å². The molecule has 0 spiro atoms. The van der Waals surface area contributed by atoms with Crippen LogP contribution < -0.4 is 10.2 Å². The third-order valence-electron chi connectivity index (χ3n) is 4.16. The molecule has 3 rings (SSSR count). The lowest BCUT2D eigenvalue weighted by molar-refractivity contribution is -0.122. The number of hydrogen-bond acceptors (Lipinski definition) is 6. The summed E-state index contributed by atoms with van der Waals surface area (Å²) in [6.07, 6.45) is 3.65. The molecular weight excluding hydrogens is 308 g/mol. The Morgan fingerprint density at radius 2 is 2.12 bits per heavy atom. The number of fused-ring (bicyclic) bond motifs is 1. The molecule has 0 aromatic carbocycles. The van der Waals surface area contributed by atoms with Crippen molar-refractivity contribution in [3.8, 4) is 0 Å². The Kier molecular flexibility index (Phi) is 5.27. The second-order valence-electron chi connectivity index (χ2n) is 5.97. The summed E-state index contributed by atoms with van der Waals surface area (Å²) in [5, 5.41) is 7.29. The predicted octanol–water partition coefficient (Wildman–Crippen LogP) is -0.0777. The van der Waals surface area contributed by atoms with Crippen LogP contribution in [-0.2, 0) is 9.53 Å². The molecule has 24 heavy (non-hydrogen) atoms. The summed E-state index contributed by atoms with van der Waals surface area (Å²) in [6, 6.07) is 2.05. The minimum absolute atomic E-state index is 0.0483. The number of piperazine rings is 1. The summed E-state index contributed by atoms with van der Waals surface area (Å²) >= 11 is 0. The lowest BCUT2D eigenvalue weighted by atomic mass is 10.3. The van der Waals surface area contributed by atoms with Crippen LogP contribution in [0.2, 0.25) is 0 Å². The van der Waals surface area contributed by atoms with E-state index in [9.17, 15) is 4.79 Å². The molecule has 1 N–H and O–H groups in total. The minimum Gasteiger partial charge on any atom is -0.383 e. The molecule has 8 nitrogen and oxygen atoms in total. The molecule has 3 heterocycles. The van der Waals surface area contributed by atoms with Gasteiger partial charge in [-0.05, 0) is 13.0 Å². The van der Waals surface area contributed by atoms with Gasteiger partial charge in [0, 0.05) is 52.2 Å². The van der Waals surface area contributed by atoms with Gasteiger partial charge in [0.25, 0.3) is 0 Å². The van der Waals surface area contributed by atoms with Crippen molar-refractivity contribution < 1.29 is 9.53 Å². The summed E-state index contributed by atoms with van der Waals surface area (Å²) in [4.78, 5) is 20.8. The van der Waals surface area contributed by atoms with Crippen LogP contribution in [0.3, 0.4) is 0 Å². The zero-order chi connectivity index (χ0) is 16.9. The molecule has 1 fully saturated rings. The van der Waals surface area contributed by atoms with Crippen molar-refractivity contribution in [1.82, 2.24) is 24.8 Å². The van der Waals surface area contributed by atoms with Crippen LogP contribution in [0.5, 0.6) is 0 Å². The molecule has 0 unspecified atom stereocenters. The SMILES string of the molecule is COCCNC(=O)CN1CCN(c2nccn3nc(C)cc23)CC1. The molecule has 1 aliphatic heterocycles. The highest BCUT2D eigenvalue weighted by molar-refractivity contribution is 5.78. The van der Waals surface area contributed by atoms with Crippen molar-refractivity contribution in [3.63, 3.8) is 0 Å². The van der Waals surface area contributed by atoms with Gasteiger partial charge in [0.1, 0.15) is 5.52 Å². The molecule has 1 amide bonds. The van der Waals surface area contributed by atoms with Crippen LogP contribution >= 0.6 is 0 Å². The van der Waals surface area contributed by atoms with Crippen molar-refractivity contribution in [2.45, 2.75) is 6.92 Å². The molecular formula is C16H24N6O2. The predicted molar refractivity (Wildman–Crippen MR) is 91.3 cm³/mol. The fourth-order valence-electron chi connectivity index (χ4n) is 2.94.